The molecule has 3 nitrogen and oxygen atoms in total. The molecule has 1 aromatic carbocycles. The normalized spacial score (nSPS) is 20.6. The van der Waals surface area contributed by atoms with Crippen LogP contribution < -0.4 is 11.1 Å². The summed E-state index contributed by atoms with van der Waals surface area (Å²) in [5.74, 6) is 0.863. The molecule has 0 bridgehead atoms. The van der Waals surface area contributed by atoms with E-state index in [1.807, 2.05) is 6.07 Å². The van der Waals surface area contributed by atoms with Crippen LogP contribution >= 0.6 is 0 Å². The lowest BCUT2D eigenvalue weighted by atomic mass is 9.94. The summed E-state index contributed by atoms with van der Waals surface area (Å²) in [7, 11) is 0. The van der Waals surface area contributed by atoms with Crippen molar-refractivity contribution in [1.29, 1.82) is 0 Å². The van der Waals surface area contributed by atoms with Crippen LogP contribution in [0.1, 0.15) is 46.8 Å². The van der Waals surface area contributed by atoms with Gasteiger partial charge >= 0.3 is 0 Å². The van der Waals surface area contributed by atoms with Crippen molar-refractivity contribution in [2.24, 2.45) is 11.7 Å². The summed E-state index contributed by atoms with van der Waals surface area (Å²) in [5.41, 5.74) is 9.26. The van der Waals surface area contributed by atoms with Gasteiger partial charge in [-0.3, -0.25) is 4.79 Å². The Balaban J connectivity index is 1.85. The Morgan fingerprint density at radius 3 is 3.00 bits per heavy atom. The van der Waals surface area contributed by atoms with E-state index >= 15 is 0 Å². The van der Waals surface area contributed by atoms with Crippen molar-refractivity contribution in [2.45, 2.75) is 31.7 Å². The molecule has 1 saturated carbocycles. The highest BCUT2D eigenvalue weighted by atomic mass is 16.1. The maximum atomic E-state index is 11.7. The molecule has 3 rings (SSSR count). The van der Waals surface area contributed by atoms with Crippen LogP contribution in [-0.2, 0) is 6.42 Å². The topological polar surface area (TPSA) is 55.1 Å². The highest BCUT2D eigenvalue weighted by Gasteiger charge is 2.25. The lowest BCUT2D eigenvalue weighted by molar-refractivity contribution is 0.0946. The van der Waals surface area contributed by atoms with Crippen molar-refractivity contribution >= 4 is 5.91 Å². The standard InChI is InChI=1S/C14H18N2O/c15-13(7-9-1-2-9)11-4-3-10-5-6-16-14(17)12(10)8-11/h3-4,8-9,13H,1-2,5-7,15H2,(H,16,17). The molecule has 1 heterocycles. The van der Waals surface area contributed by atoms with Gasteiger partial charge in [-0.15, -0.1) is 0 Å². The smallest absolute Gasteiger partial charge is 0.251 e. The second-order valence-corrected chi connectivity index (χ2v) is 5.21. The summed E-state index contributed by atoms with van der Waals surface area (Å²) in [6.07, 6.45) is 4.62. The van der Waals surface area contributed by atoms with Crippen LogP contribution in [0.2, 0.25) is 0 Å². The zero-order valence-electron chi connectivity index (χ0n) is 9.91. The first-order valence-electron chi connectivity index (χ1n) is 6.40. The molecule has 0 spiro atoms. The predicted molar refractivity (Wildman–Crippen MR) is 66.7 cm³/mol. The summed E-state index contributed by atoms with van der Waals surface area (Å²) in [5, 5.41) is 2.88. The van der Waals surface area contributed by atoms with Crippen LogP contribution in [0.15, 0.2) is 18.2 Å². The van der Waals surface area contributed by atoms with Gasteiger partial charge in [-0.05, 0) is 36.0 Å². The molecular formula is C14H18N2O. The second kappa shape index (κ2) is 4.15. The number of carbonyl (C=O) groups is 1. The molecule has 1 aromatic rings. The first kappa shape index (κ1) is 10.8. The molecule has 1 unspecified atom stereocenters. The SMILES string of the molecule is NC(CC1CC1)c1ccc2c(c1)C(=O)NCC2. The van der Waals surface area contributed by atoms with E-state index in [0.29, 0.717) is 0 Å². The van der Waals surface area contributed by atoms with E-state index in [9.17, 15) is 4.79 Å². The summed E-state index contributed by atoms with van der Waals surface area (Å²) >= 11 is 0. The van der Waals surface area contributed by atoms with Gasteiger partial charge in [0.2, 0.25) is 0 Å². The van der Waals surface area contributed by atoms with Gasteiger partial charge in [-0.2, -0.15) is 0 Å². The third-order valence-corrected chi connectivity index (χ3v) is 3.77. The third kappa shape index (κ3) is 2.20. The second-order valence-electron chi connectivity index (χ2n) is 5.21. The van der Waals surface area contributed by atoms with Crippen LogP contribution in [0.3, 0.4) is 0 Å². The number of carbonyl (C=O) groups excluding carboxylic acids is 1. The lowest BCUT2D eigenvalue weighted by Crippen LogP contribution is -2.32. The summed E-state index contributed by atoms with van der Waals surface area (Å²) in [6.45, 7) is 0.749. The molecule has 3 heteroatoms. The maximum Gasteiger partial charge on any atom is 0.251 e. The first-order chi connectivity index (χ1) is 8.24. The number of benzene rings is 1. The fourth-order valence-corrected chi connectivity index (χ4v) is 2.51. The van der Waals surface area contributed by atoms with Crippen LogP contribution in [0, 0.1) is 5.92 Å². The molecule has 2 aliphatic rings. The molecule has 17 heavy (non-hydrogen) atoms. The molecule has 1 aliphatic carbocycles. The summed E-state index contributed by atoms with van der Waals surface area (Å²) < 4.78 is 0. The average molecular weight is 230 g/mol. The quantitative estimate of drug-likeness (QED) is 0.831. The lowest BCUT2D eigenvalue weighted by Gasteiger charge is -2.19. The van der Waals surface area contributed by atoms with Crippen LogP contribution in [0.4, 0.5) is 0 Å². The van der Waals surface area contributed by atoms with Crippen molar-refractivity contribution < 1.29 is 4.79 Å². The molecule has 3 N–H and O–H groups in total. The molecule has 1 fully saturated rings. The third-order valence-electron chi connectivity index (χ3n) is 3.77. The number of amides is 1. The zero-order valence-corrected chi connectivity index (χ0v) is 9.91. The average Bonchev–Trinajstić information content (AvgIpc) is 3.13. The van der Waals surface area contributed by atoms with Crippen molar-refractivity contribution in [3.63, 3.8) is 0 Å². The number of nitrogens with two attached hydrogens (primary N) is 1. The Bertz CT molecular complexity index is 452. The van der Waals surface area contributed by atoms with E-state index in [0.717, 1.165) is 42.0 Å². The Morgan fingerprint density at radius 2 is 2.24 bits per heavy atom. The minimum Gasteiger partial charge on any atom is -0.352 e. The van der Waals surface area contributed by atoms with Gasteiger partial charge in [0.15, 0.2) is 0 Å². The van der Waals surface area contributed by atoms with Gasteiger partial charge in [0.1, 0.15) is 0 Å². The monoisotopic (exact) mass is 230 g/mol. The molecular weight excluding hydrogens is 212 g/mol. The molecule has 1 amide bonds. The van der Waals surface area contributed by atoms with Gasteiger partial charge in [-0.1, -0.05) is 25.0 Å². The Labute approximate surface area is 101 Å². The van der Waals surface area contributed by atoms with E-state index < -0.39 is 0 Å². The van der Waals surface area contributed by atoms with E-state index in [4.69, 9.17) is 5.73 Å². The number of rotatable bonds is 3. The van der Waals surface area contributed by atoms with Crippen LogP contribution in [0.25, 0.3) is 0 Å². The van der Waals surface area contributed by atoms with Crippen molar-refractivity contribution in [2.75, 3.05) is 6.54 Å². The van der Waals surface area contributed by atoms with Crippen LogP contribution in [-0.4, -0.2) is 12.5 Å². The van der Waals surface area contributed by atoms with Crippen molar-refractivity contribution in [3.8, 4) is 0 Å². The van der Waals surface area contributed by atoms with Gasteiger partial charge < -0.3 is 11.1 Å². The Kier molecular flexibility index (Phi) is 2.63. The summed E-state index contributed by atoms with van der Waals surface area (Å²) in [6, 6.07) is 6.22. The molecule has 1 atom stereocenters. The van der Waals surface area contributed by atoms with Gasteiger partial charge in [0.25, 0.3) is 5.91 Å². The largest absolute Gasteiger partial charge is 0.352 e. The number of hydrogen-bond donors (Lipinski definition) is 2. The highest BCUT2D eigenvalue weighted by Crippen LogP contribution is 2.37. The molecule has 0 saturated heterocycles. The van der Waals surface area contributed by atoms with Gasteiger partial charge in [0, 0.05) is 18.2 Å². The zero-order chi connectivity index (χ0) is 11.8. The van der Waals surface area contributed by atoms with Crippen molar-refractivity contribution in [1.82, 2.24) is 5.32 Å². The molecule has 90 valence electrons. The molecule has 0 aromatic heterocycles. The first-order valence-corrected chi connectivity index (χ1v) is 6.40. The number of hydrogen-bond acceptors (Lipinski definition) is 2. The molecule has 1 aliphatic heterocycles. The predicted octanol–water partition coefficient (Wildman–Crippen LogP) is 1.77. The fraction of sp³-hybridized carbons (Fsp3) is 0.500. The van der Waals surface area contributed by atoms with Crippen molar-refractivity contribution in [3.05, 3.63) is 34.9 Å². The minimum absolute atomic E-state index is 0.0479. The number of fused-ring (bicyclic) bond motifs is 1. The Hall–Kier alpha value is -1.35. The van der Waals surface area contributed by atoms with E-state index in [-0.39, 0.29) is 11.9 Å². The van der Waals surface area contributed by atoms with E-state index in [1.165, 1.54) is 12.8 Å². The maximum absolute atomic E-state index is 11.7. The van der Waals surface area contributed by atoms with E-state index in [2.05, 4.69) is 17.4 Å². The fourth-order valence-electron chi connectivity index (χ4n) is 2.51. The number of nitrogens with one attached hydrogen (secondary N) is 1. The van der Waals surface area contributed by atoms with E-state index in [1.54, 1.807) is 0 Å². The highest BCUT2D eigenvalue weighted by molar-refractivity contribution is 5.96. The summed E-state index contributed by atoms with van der Waals surface area (Å²) in [4.78, 5) is 11.7. The molecule has 0 radical (unpaired) electrons. The van der Waals surface area contributed by atoms with Crippen LogP contribution in [0.5, 0.6) is 0 Å². The minimum atomic E-state index is 0.0479. The van der Waals surface area contributed by atoms with Gasteiger partial charge in [0.05, 0.1) is 0 Å². The Morgan fingerprint density at radius 1 is 1.41 bits per heavy atom. The van der Waals surface area contributed by atoms with Gasteiger partial charge in [-0.25, -0.2) is 0 Å².